The lowest BCUT2D eigenvalue weighted by molar-refractivity contribution is 0.564. The van der Waals surface area contributed by atoms with Crippen molar-refractivity contribution in [3.05, 3.63) is 72.9 Å². The van der Waals surface area contributed by atoms with Crippen molar-refractivity contribution >= 4 is 0 Å². The van der Waals surface area contributed by atoms with Crippen LogP contribution < -0.4 is 0 Å². The normalized spacial score (nSPS) is 14.6. The second-order valence-electron chi connectivity index (χ2n) is 4.30. The zero-order chi connectivity index (χ0) is 13.3. The monoisotopic (exact) mass is 228 g/mol. The van der Waals surface area contributed by atoms with Gasteiger partial charge in [-0.05, 0) is 25.0 Å². The molecule has 0 aliphatic carbocycles. The molecule has 0 atom stereocenters. The smallest absolute Gasteiger partial charge is 0.0140 e. The van der Waals surface area contributed by atoms with Gasteiger partial charge in [0.15, 0.2) is 0 Å². The highest BCUT2D eigenvalue weighted by Crippen LogP contribution is 2.36. The summed E-state index contributed by atoms with van der Waals surface area (Å²) in [6, 6.07) is 0. The molecule has 0 aromatic carbocycles. The maximum Gasteiger partial charge on any atom is 0.0140 e. The Morgan fingerprint density at radius 3 is 1.41 bits per heavy atom. The highest BCUT2D eigenvalue weighted by molar-refractivity contribution is 5.40. The van der Waals surface area contributed by atoms with Gasteiger partial charge in [0.1, 0.15) is 0 Å². The third-order valence-electron chi connectivity index (χ3n) is 2.89. The van der Waals surface area contributed by atoms with Crippen LogP contribution in [0.4, 0.5) is 0 Å². The van der Waals surface area contributed by atoms with Crippen LogP contribution in [0.25, 0.3) is 0 Å². The summed E-state index contributed by atoms with van der Waals surface area (Å²) in [5, 5.41) is 0. The molecule has 0 nitrogen and oxygen atoms in total. The Balaban J connectivity index is 5.33. The molecule has 0 saturated heterocycles. The van der Waals surface area contributed by atoms with Crippen LogP contribution >= 0.6 is 0 Å². The van der Waals surface area contributed by atoms with Crippen molar-refractivity contribution in [3.63, 3.8) is 0 Å². The predicted octanol–water partition coefficient (Wildman–Crippen LogP) is 5.39. The first-order chi connectivity index (χ1) is 8.04. The first kappa shape index (κ1) is 15.4. The average Bonchev–Trinajstić information content (AvgIpc) is 2.30. The van der Waals surface area contributed by atoms with Gasteiger partial charge in [-0.1, -0.05) is 75.6 Å². The summed E-state index contributed by atoms with van der Waals surface area (Å²) in [7, 11) is 0. The van der Waals surface area contributed by atoms with E-state index in [-0.39, 0.29) is 5.41 Å². The lowest BCUT2D eigenvalue weighted by atomic mass is 9.76. The van der Waals surface area contributed by atoms with Crippen LogP contribution in [0, 0.1) is 5.41 Å². The molecule has 0 aliphatic heterocycles. The molecule has 0 heteroatoms. The molecule has 17 heavy (non-hydrogen) atoms. The van der Waals surface area contributed by atoms with Crippen LogP contribution in [0.5, 0.6) is 0 Å². The lowest BCUT2D eigenvalue weighted by Crippen LogP contribution is -2.15. The quantitative estimate of drug-likeness (QED) is 0.535. The van der Waals surface area contributed by atoms with Crippen molar-refractivity contribution < 1.29 is 0 Å². The minimum absolute atomic E-state index is 0.0114. The van der Waals surface area contributed by atoms with Gasteiger partial charge in [0.05, 0.1) is 0 Å². The van der Waals surface area contributed by atoms with E-state index >= 15 is 0 Å². The van der Waals surface area contributed by atoms with Gasteiger partial charge in [0, 0.05) is 5.41 Å². The molecule has 0 rings (SSSR count). The molecular formula is C17H24. The van der Waals surface area contributed by atoms with E-state index in [9.17, 15) is 0 Å². The van der Waals surface area contributed by atoms with E-state index in [2.05, 4.69) is 65.2 Å². The Morgan fingerprint density at radius 2 is 1.18 bits per heavy atom. The Labute approximate surface area is 106 Å². The molecule has 0 bridgehead atoms. The minimum Gasteiger partial charge on any atom is -0.0991 e. The summed E-state index contributed by atoms with van der Waals surface area (Å²) in [6.45, 7) is 16.0. The van der Waals surface area contributed by atoms with Crippen molar-refractivity contribution in [2.45, 2.75) is 27.7 Å². The summed E-state index contributed by atoms with van der Waals surface area (Å²) in [6.07, 6.45) is 16.1. The molecule has 0 heterocycles. The molecule has 0 fully saturated rings. The molecule has 92 valence electrons. The van der Waals surface area contributed by atoms with Crippen molar-refractivity contribution in [3.8, 4) is 0 Å². The van der Waals surface area contributed by atoms with Crippen LogP contribution in [-0.2, 0) is 0 Å². The number of hydrogen-bond donors (Lipinski definition) is 0. The molecule has 0 amide bonds. The fourth-order valence-electron chi connectivity index (χ4n) is 1.84. The van der Waals surface area contributed by atoms with Gasteiger partial charge in [-0.25, -0.2) is 0 Å². The molecule has 0 radical (unpaired) electrons. The average molecular weight is 228 g/mol. The molecule has 0 aliphatic rings. The zero-order valence-corrected chi connectivity index (χ0v) is 11.5. The van der Waals surface area contributed by atoms with E-state index in [4.69, 9.17) is 0 Å². The highest BCUT2D eigenvalue weighted by Gasteiger charge is 2.23. The van der Waals surface area contributed by atoms with Crippen molar-refractivity contribution in [1.29, 1.82) is 0 Å². The summed E-state index contributed by atoms with van der Waals surface area (Å²) < 4.78 is 0. The van der Waals surface area contributed by atoms with E-state index in [0.717, 1.165) is 0 Å². The molecule has 0 aromatic rings. The lowest BCUT2D eigenvalue weighted by Gasteiger charge is -2.28. The third-order valence-corrected chi connectivity index (χ3v) is 2.89. The third kappa shape index (κ3) is 4.44. The van der Waals surface area contributed by atoms with E-state index in [1.165, 1.54) is 11.1 Å². The molecule has 0 unspecified atom stereocenters. The van der Waals surface area contributed by atoms with Crippen LogP contribution in [0.2, 0.25) is 0 Å². The van der Waals surface area contributed by atoms with Crippen molar-refractivity contribution in [2.24, 2.45) is 5.41 Å². The van der Waals surface area contributed by atoms with Gasteiger partial charge >= 0.3 is 0 Å². The molecule has 0 spiro atoms. The van der Waals surface area contributed by atoms with Gasteiger partial charge in [-0.3, -0.25) is 0 Å². The maximum absolute atomic E-state index is 3.71. The molecular weight excluding hydrogens is 204 g/mol. The predicted molar refractivity (Wildman–Crippen MR) is 80.0 cm³/mol. The van der Waals surface area contributed by atoms with Crippen LogP contribution in [0.3, 0.4) is 0 Å². The van der Waals surface area contributed by atoms with Crippen molar-refractivity contribution in [1.82, 2.24) is 0 Å². The van der Waals surface area contributed by atoms with Crippen molar-refractivity contribution in [2.75, 3.05) is 0 Å². The SMILES string of the molecule is C=C/C=C\C(=C/C)C(C)(C)C(/C=C\C=C)=C/C. The number of rotatable bonds is 6. The summed E-state index contributed by atoms with van der Waals surface area (Å²) in [5.74, 6) is 0. The summed E-state index contributed by atoms with van der Waals surface area (Å²) in [4.78, 5) is 0. The van der Waals surface area contributed by atoms with Crippen LogP contribution in [-0.4, -0.2) is 0 Å². The standard InChI is InChI=1S/C17H24/c1-7-11-13-15(9-3)17(5,6)16(10-4)14-12-8-2/h7-14H,1-2H2,3-6H3/b13-11-,14-12-,15-9+,16-10+. The maximum atomic E-state index is 3.71. The summed E-state index contributed by atoms with van der Waals surface area (Å²) in [5.41, 5.74) is 2.54. The summed E-state index contributed by atoms with van der Waals surface area (Å²) >= 11 is 0. The molecule has 0 aromatic heterocycles. The Hall–Kier alpha value is -1.56. The van der Waals surface area contributed by atoms with Gasteiger partial charge < -0.3 is 0 Å². The minimum atomic E-state index is -0.0114. The second-order valence-corrected chi connectivity index (χ2v) is 4.30. The fourth-order valence-corrected chi connectivity index (χ4v) is 1.84. The first-order valence-electron chi connectivity index (χ1n) is 5.96. The second kappa shape index (κ2) is 7.67. The van der Waals surface area contributed by atoms with Crippen LogP contribution in [0.1, 0.15) is 27.7 Å². The largest absolute Gasteiger partial charge is 0.0991 e. The first-order valence-corrected chi connectivity index (χ1v) is 5.96. The highest BCUT2D eigenvalue weighted by atomic mass is 14.3. The van der Waals surface area contributed by atoms with Gasteiger partial charge in [-0.2, -0.15) is 0 Å². The van der Waals surface area contributed by atoms with Crippen LogP contribution in [0.15, 0.2) is 72.9 Å². The van der Waals surface area contributed by atoms with E-state index in [1.807, 2.05) is 12.2 Å². The Bertz CT molecular complexity index is 335. The molecule has 0 N–H and O–H groups in total. The number of allylic oxidation sites excluding steroid dienone is 10. The molecule has 0 saturated carbocycles. The number of hydrogen-bond acceptors (Lipinski definition) is 0. The van der Waals surface area contributed by atoms with E-state index < -0.39 is 0 Å². The Kier molecular flexibility index (Phi) is 6.97. The van der Waals surface area contributed by atoms with E-state index in [0.29, 0.717) is 0 Å². The fraction of sp³-hybridized carbons (Fsp3) is 0.294. The Morgan fingerprint density at radius 1 is 0.824 bits per heavy atom. The van der Waals surface area contributed by atoms with Gasteiger partial charge in [-0.15, -0.1) is 0 Å². The van der Waals surface area contributed by atoms with Gasteiger partial charge in [0.25, 0.3) is 0 Å². The van der Waals surface area contributed by atoms with E-state index in [1.54, 1.807) is 12.2 Å². The zero-order valence-electron chi connectivity index (χ0n) is 11.5. The topological polar surface area (TPSA) is 0 Å². The van der Waals surface area contributed by atoms with Gasteiger partial charge in [0.2, 0.25) is 0 Å².